The number of aldehydes is 1. The Balaban J connectivity index is 1.88. The zero-order valence-corrected chi connectivity index (χ0v) is 12.0. The number of carboxylic acids is 1. The van der Waals surface area contributed by atoms with Gasteiger partial charge in [-0.2, -0.15) is 0 Å². The molecule has 2 aromatic rings. The van der Waals surface area contributed by atoms with Crippen LogP contribution in [0.3, 0.4) is 0 Å². The van der Waals surface area contributed by atoms with Gasteiger partial charge in [0.2, 0.25) is 0 Å². The van der Waals surface area contributed by atoms with E-state index in [1.165, 1.54) is 0 Å². The molecule has 0 bridgehead atoms. The van der Waals surface area contributed by atoms with E-state index in [2.05, 4.69) is 4.90 Å². The zero-order chi connectivity index (χ0) is 15.0. The van der Waals surface area contributed by atoms with Gasteiger partial charge in [-0.1, -0.05) is 0 Å². The highest BCUT2D eigenvalue weighted by atomic mass is 16.4. The third-order valence-electron chi connectivity index (χ3n) is 4.34. The number of carboxylic acid groups (broad SMARTS) is 1. The van der Waals surface area contributed by atoms with Gasteiger partial charge in [-0.05, 0) is 31.0 Å². The van der Waals surface area contributed by atoms with Crippen LogP contribution >= 0.6 is 0 Å². The lowest BCUT2D eigenvalue weighted by Crippen LogP contribution is -2.36. The lowest BCUT2D eigenvalue weighted by Gasteiger charge is -2.32. The Morgan fingerprint density at radius 3 is 2.67 bits per heavy atom. The molecule has 1 saturated heterocycles. The van der Waals surface area contributed by atoms with Gasteiger partial charge in [0.1, 0.15) is 0 Å². The van der Waals surface area contributed by atoms with Gasteiger partial charge in [0, 0.05) is 48.5 Å². The Bertz CT molecular complexity index is 697. The number of nitrogens with zero attached hydrogens (tertiary/aromatic N) is 2. The minimum Gasteiger partial charge on any atom is -0.481 e. The van der Waals surface area contributed by atoms with Crippen LogP contribution in [0, 0.1) is 5.92 Å². The highest BCUT2D eigenvalue weighted by Crippen LogP contribution is 2.28. The number of fused-ring (bicyclic) bond motifs is 1. The molecule has 2 heterocycles. The van der Waals surface area contributed by atoms with E-state index in [1.807, 2.05) is 36.0 Å². The molecule has 0 amide bonds. The van der Waals surface area contributed by atoms with Crippen LogP contribution in [0.4, 0.5) is 5.69 Å². The number of piperidine rings is 1. The normalized spacial score (nSPS) is 16.3. The summed E-state index contributed by atoms with van der Waals surface area (Å²) in [7, 11) is 1.92. The first-order chi connectivity index (χ1) is 10.1. The predicted octanol–water partition coefficient (Wildman–Crippen LogP) is 2.29. The number of carbonyl (C=O) groups is 2. The third-order valence-corrected chi connectivity index (χ3v) is 4.34. The molecular formula is C16H18N2O3. The van der Waals surface area contributed by atoms with E-state index in [0.29, 0.717) is 18.4 Å². The number of aliphatic carboxylic acids is 1. The van der Waals surface area contributed by atoms with Crippen molar-refractivity contribution in [3.05, 3.63) is 30.0 Å². The van der Waals surface area contributed by atoms with Crippen LogP contribution in [0.1, 0.15) is 23.2 Å². The number of hydrogen-bond acceptors (Lipinski definition) is 3. The molecule has 1 aliphatic rings. The van der Waals surface area contributed by atoms with Gasteiger partial charge in [-0.3, -0.25) is 9.59 Å². The molecule has 0 unspecified atom stereocenters. The average molecular weight is 286 g/mol. The molecule has 5 nitrogen and oxygen atoms in total. The first-order valence-corrected chi connectivity index (χ1v) is 7.12. The molecule has 0 saturated carbocycles. The van der Waals surface area contributed by atoms with Crippen molar-refractivity contribution in [2.75, 3.05) is 18.0 Å². The van der Waals surface area contributed by atoms with Gasteiger partial charge in [0.05, 0.1) is 5.92 Å². The van der Waals surface area contributed by atoms with Gasteiger partial charge in [0.15, 0.2) is 6.29 Å². The number of hydrogen-bond donors (Lipinski definition) is 1. The standard InChI is InChI=1S/C16H18N2O3/c1-17-9-12(10-19)14-8-13(2-3-15(14)17)18-6-4-11(5-7-18)16(20)21/h2-3,8-11H,4-7H2,1H3,(H,20,21). The van der Waals surface area contributed by atoms with Gasteiger partial charge in [-0.25, -0.2) is 0 Å². The number of rotatable bonds is 3. The van der Waals surface area contributed by atoms with E-state index < -0.39 is 5.97 Å². The molecular weight excluding hydrogens is 268 g/mol. The summed E-state index contributed by atoms with van der Waals surface area (Å²) in [5.41, 5.74) is 2.77. The highest BCUT2D eigenvalue weighted by molar-refractivity contribution is 5.99. The Kier molecular flexibility index (Phi) is 3.41. The number of anilines is 1. The molecule has 1 aromatic carbocycles. The second kappa shape index (κ2) is 5.24. The lowest BCUT2D eigenvalue weighted by atomic mass is 9.96. The van der Waals surface area contributed by atoms with Crippen molar-refractivity contribution in [1.82, 2.24) is 4.57 Å². The van der Waals surface area contributed by atoms with Crippen LogP contribution in [0.5, 0.6) is 0 Å². The highest BCUT2D eigenvalue weighted by Gasteiger charge is 2.24. The number of carbonyl (C=O) groups excluding carboxylic acids is 1. The largest absolute Gasteiger partial charge is 0.481 e. The third kappa shape index (κ3) is 2.39. The summed E-state index contributed by atoms with van der Waals surface area (Å²) in [5.74, 6) is -0.927. The molecule has 1 fully saturated rings. The number of aromatic nitrogens is 1. The molecule has 0 radical (unpaired) electrons. The Hall–Kier alpha value is -2.30. The van der Waals surface area contributed by atoms with E-state index in [4.69, 9.17) is 5.11 Å². The molecule has 1 N–H and O–H groups in total. The van der Waals surface area contributed by atoms with Crippen LogP contribution in [-0.4, -0.2) is 35.0 Å². The maximum atomic E-state index is 11.1. The summed E-state index contributed by atoms with van der Waals surface area (Å²) in [6.45, 7) is 1.48. The molecule has 5 heteroatoms. The van der Waals surface area contributed by atoms with Crippen molar-refractivity contribution in [1.29, 1.82) is 0 Å². The van der Waals surface area contributed by atoms with E-state index in [1.54, 1.807) is 0 Å². The van der Waals surface area contributed by atoms with Crippen molar-refractivity contribution in [2.45, 2.75) is 12.8 Å². The first-order valence-electron chi connectivity index (χ1n) is 7.12. The summed E-state index contributed by atoms with van der Waals surface area (Å²) >= 11 is 0. The van der Waals surface area contributed by atoms with Crippen LogP contribution in [0.15, 0.2) is 24.4 Å². The molecule has 0 atom stereocenters. The summed E-state index contributed by atoms with van der Waals surface area (Å²) in [4.78, 5) is 24.3. The molecule has 3 rings (SSSR count). The Labute approximate surface area is 122 Å². The topological polar surface area (TPSA) is 62.5 Å². The fraction of sp³-hybridized carbons (Fsp3) is 0.375. The molecule has 0 aliphatic carbocycles. The van der Waals surface area contributed by atoms with Crippen LogP contribution in [0.25, 0.3) is 10.9 Å². The van der Waals surface area contributed by atoms with Crippen molar-refractivity contribution in [3.8, 4) is 0 Å². The van der Waals surface area contributed by atoms with Crippen LogP contribution in [0.2, 0.25) is 0 Å². The fourth-order valence-electron chi connectivity index (χ4n) is 3.09. The molecule has 21 heavy (non-hydrogen) atoms. The fourth-order valence-corrected chi connectivity index (χ4v) is 3.09. The minimum atomic E-state index is -0.698. The summed E-state index contributed by atoms with van der Waals surface area (Å²) < 4.78 is 1.94. The lowest BCUT2D eigenvalue weighted by molar-refractivity contribution is -0.142. The first kappa shape index (κ1) is 13.7. The predicted molar refractivity (Wildman–Crippen MR) is 80.9 cm³/mol. The summed E-state index contributed by atoms with van der Waals surface area (Å²) in [6, 6.07) is 6.08. The Morgan fingerprint density at radius 1 is 1.33 bits per heavy atom. The molecule has 110 valence electrons. The number of aryl methyl sites for hydroxylation is 1. The SMILES string of the molecule is Cn1cc(C=O)c2cc(N3CCC(C(=O)O)CC3)ccc21. The van der Waals surface area contributed by atoms with Crippen LogP contribution in [-0.2, 0) is 11.8 Å². The van der Waals surface area contributed by atoms with Crippen LogP contribution < -0.4 is 4.90 Å². The van der Waals surface area contributed by atoms with E-state index in [-0.39, 0.29) is 5.92 Å². The summed E-state index contributed by atoms with van der Waals surface area (Å²) in [6.07, 6.45) is 4.05. The van der Waals surface area contributed by atoms with Crippen molar-refractivity contribution in [2.24, 2.45) is 13.0 Å². The van der Waals surface area contributed by atoms with Crippen molar-refractivity contribution in [3.63, 3.8) is 0 Å². The van der Waals surface area contributed by atoms with Gasteiger partial charge in [-0.15, -0.1) is 0 Å². The van der Waals surface area contributed by atoms with E-state index >= 15 is 0 Å². The quantitative estimate of drug-likeness (QED) is 0.879. The second-order valence-corrected chi connectivity index (χ2v) is 5.61. The van der Waals surface area contributed by atoms with E-state index in [9.17, 15) is 9.59 Å². The average Bonchev–Trinajstić information content (AvgIpc) is 2.83. The minimum absolute atomic E-state index is 0.229. The molecule has 1 aromatic heterocycles. The molecule has 0 spiro atoms. The maximum Gasteiger partial charge on any atom is 0.306 e. The smallest absolute Gasteiger partial charge is 0.306 e. The van der Waals surface area contributed by atoms with Crippen molar-refractivity contribution < 1.29 is 14.7 Å². The van der Waals surface area contributed by atoms with E-state index in [0.717, 1.165) is 36.0 Å². The zero-order valence-electron chi connectivity index (χ0n) is 12.0. The number of benzene rings is 1. The maximum absolute atomic E-state index is 11.1. The van der Waals surface area contributed by atoms with Crippen molar-refractivity contribution >= 4 is 28.8 Å². The summed E-state index contributed by atoms with van der Waals surface area (Å²) in [5, 5.41) is 10.00. The second-order valence-electron chi connectivity index (χ2n) is 5.61. The van der Waals surface area contributed by atoms with Gasteiger partial charge >= 0.3 is 5.97 Å². The monoisotopic (exact) mass is 286 g/mol. The molecule has 1 aliphatic heterocycles. The van der Waals surface area contributed by atoms with Gasteiger partial charge in [0.25, 0.3) is 0 Å². The Morgan fingerprint density at radius 2 is 2.05 bits per heavy atom. The van der Waals surface area contributed by atoms with Gasteiger partial charge < -0.3 is 14.6 Å².